The molecule has 0 amide bonds. The zero-order chi connectivity index (χ0) is 9.19. The Balaban J connectivity index is 2.37. The minimum Gasteiger partial charge on any atom is -0.414 e. The fourth-order valence-corrected chi connectivity index (χ4v) is 2.79. The molecule has 1 rings (SSSR count). The van der Waals surface area contributed by atoms with Gasteiger partial charge < -0.3 is 4.43 Å². The molecule has 0 spiro atoms. The topological polar surface area (TPSA) is 26.3 Å². The third kappa shape index (κ3) is 3.50. The van der Waals surface area contributed by atoms with Crippen molar-refractivity contribution >= 4 is 14.1 Å². The lowest BCUT2D eigenvalue weighted by molar-refractivity contribution is -0.122. The van der Waals surface area contributed by atoms with Crippen LogP contribution in [-0.4, -0.2) is 20.2 Å². The molecule has 1 atom stereocenters. The van der Waals surface area contributed by atoms with E-state index in [9.17, 15) is 4.79 Å². The van der Waals surface area contributed by atoms with Gasteiger partial charge in [-0.25, -0.2) is 0 Å². The van der Waals surface area contributed by atoms with E-state index >= 15 is 0 Å². The Bertz CT molecular complexity index is 172. The molecule has 0 aromatic heterocycles. The highest BCUT2D eigenvalue weighted by molar-refractivity contribution is 6.69. The van der Waals surface area contributed by atoms with Gasteiger partial charge in [0.05, 0.1) is 6.10 Å². The van der Waals surface area contributed by atoms with Crippen LogP contribution in [0.5, 0.6) is 0 Å². The molecule has 0 bridgehead atoms. The summed E-state index contributed by atoms with van der Waals surface area (Å²) < 4.78 is 5.87. The molecule has 1 aliphatic rings. The van der Waals surface area contributed by atoms with Crippen molar-refractivity contribution in [2.24, 2.45) is 0 Å². The van der Waals surface area contributed by atoms with Gasteiger partial charge in [-0.1, -0.05) is 0 Å². The highest BCUT2D eigenvalue weighted by Crippen LogP contribution is 2.21. The minimum atomic E-state index is -1.43. The van der Waals surface area contributed by atoms with Crippen LogP contribution < -0.4 is 0 Å². The third-order valence-electron chi connectivity index (χ3n) is 1.96. The SMILES string of the molecule is C[Si](C)(C)OC1CCCC(=O)C1. The molecular weight excluding hydrogens is 168 g/mol. The first-order chi connectivity index (χ1) is 5.47. The summed E-state index contributed by atoms with van der Waals surface area (Å²) in [6.45, 7) is 6.52. The second-order valence-corrected chi connectivity index (χ2v) is 8.95. The van der Waals surface area contributed by atoms with Crippen molar-refractivity contribution in [1.82, 2.24) is 0 Å². The van der Waals surface area contributed by atoms with Gasteiger partial charge >= 0.3 is 0 Å². The van der Waals surface area contributed by atoms with Crippen LogP contribution >= 0.6 is 0 Å². The van der Waals surface area contributed by atoms with Gasteiger partial charge in [0.1, 0.15) is 5.78 Å². The fraction of sp³-hybridized carbons (Fsp3) is 0.889. The molecule has 0 saturated heterocycles. The van der Waals surface area contributed by atoms with E-state index in [1.165, 1.54) is 0 Å². The minimum absolute atomic E-state index is 0.234. The van der Waals surface area contributed by atoms with Crippen LogP contribution in [0, 0.1) is 0 Å². The van der Waals surface area contributed by atoms with E-state index in [0.717, 1.165) is 19.3 Å². The highest BCUT2D eigenvalue weighted by Gasteiger charge is 2.25. The van der Waals surface area contributed by atoms with Gasteiger partial charge in [-0.15, -0.1) is 0 Å². The van der Waals surface area contributed by atoms with E-state index in [1.54, 1.807) is 0 Å². The van der Waals surface area contributed by atoms with Crippen molar-refractivity contribution in [2.75, 3.05) is 0 Å². The monoisotopic (exact) mass is 186 g/mol. The Kier molecular flexibility index (Phi) is 3.07. The predicted octanol–water partition coefficient (Wildman–Crippen LogP) is 2.35. The summed E-state index contributed by atoms with van der Waals surface area (Å²) in [4.78, 5) is 11.1. The van der Waals surface area contributed by atoms with E-state index in [4.69, 9.17) is 4.43 Å². The number of carbonyl (C=O) groups excluding carboxylic acids is 1. The lowest BCUT2D eigenvalue weighted by Crippen LogP contribution is -2.35. The standard InChI is InChI=1S/C9H18O2Si/c1-12(2,3)11-9-6-4-5-8(10)7-9/h9H,4-7H2,1-3H3. The Morgan fingerprint density at radius 2 is 2.08 bits per heavy atom. The number of Topliss-reactive ketones (excluding diaryl/α,β-unsaturated/α-hetero) is 1. The van der Waals surface area contributed by atoms with Gasteiger partial charge in [0.15, 0.2) is 8.32 Å². The summed E-state index contributed by atoms with van der Waals surface area (Å²) in [5.41, 5.74) is 0. The molecule has 12 heavy (non-hydrogen) atoms. The van der Waals surface area contributed by atoms with Gasteiger partial charge in [0, 0.05) is 12.8 Å². The molecule has 70 valence electrons. The number of carbonyl (C=O) groups is 1. The summed E-state index contributed by atoms with van der Waals surface area (Å²) >= 11 is 0. The Labute approximate surface area is 75.4 Å². The van der Waals surface area contributed by atoms with Crippen LogP contribution in [0.15, 0.2) is 0 Å². The summed E-state index contributed by atoms with van der Waals surface area (Å²) in [6.07, 6.45) is 3.76. The Hall–Kier alpha value is -0.153. The molecule has 0 aromatic rings. The average molecular weight is 186 g/mol. The molecule has 0 heterocycles. The van der Waals surface area contributed by atoms with Gasteiger partial charge in [-0.05, 0) is 32.5 Å². The van der Waals surface area contributed by atoms with E-state index in [0.29, 0.717) is 12.2 Å². The third-order valence-corrected chi connectivity index (χ3v) is 3.00. The Morgan fingerprint density at radius 1 is 1.42 bits per heavy atom. The molecular formula is C9H18O2Si. The van der Waals surface area contributed by atoms with Gasteiger partial charge in [-0.3, -0.25) is 4.79 Å². The first-order valence-electron chi connectivity index (χ1n) is 4.67. The molecule has 0 aliphatic heterocycles. The van der Waals surface area contributed by atoms with Gasteiger partial charge in [-0.2, -0.15) is 0 Å². The zero-order valence-corrected chi connectivity index (χ0v) is 9.22. The van der Waals surface area contributed by atoms with Crippen LogP contribution in [-0.2, 0) is 9.22 Å². The molecule has 1 saturated carbocycles. The first-order valence-corrected chi connectivity index (χ1v) is 8.08. The van der Waals surface area contributed by atoms with Crippen LogP contribution in [0.2, 0.25) is 19.6 Å². The predicted molar refractivity (Wildman–Crippen MR) is 51.7 cm³/mol. The summed E-state index contributed by atoms with van der Waals surface area (Å²) in [5.74, 6) is 0.379. The van der Waals surface area contributed by atoms with Crippen molar-refractivity contribution in [3.63, 3.8) is 0 Å². The van der Waals surface area contributed by atoms with Crippen LogP contribution in [0.3, 0.4) is 0 Å². The van der Waals surface area contributed by atoms with Crippen LogP contribution in [0.1, 0.15) is 25.7 Å². The Morgan fingerprint density at radius 3 is 2.58 bits per heavy atom. The molecule has 0 N–H and O–H groups in total. The van der Waals surface area contributed by atoms with Crippen molar-refractivity contribution in [1.29, 1.82) is 0 Å². The maximum Gasteiger partial charge on any atom is 0.184 e. The van der Waals surface area contributed by atoms with Crippen LogP contribution in [0.25, 0.3) is 0 Å². The fourth-order valence-electron chi connectivity index (χ4n) is 1.59. The largest absolute Gasteiger partial charge is 0.414 e. The quantitative estimate of drug-likeness (QED) is 0.619. The molecule has 2 nitrogen and oxygen atoms in total. The molecule has 3 heteroatoms. The first kappa shape index (κ1) is 9.93. The molecule has 1 unspecified atom stereocenters. The van der Waals surface area contributed by atoms with Crippen LogP contribution in [0.4, 0.5) is 0 Å². The summed E-state index contributed by atoms with van der Waals surface area (Å²) in [6, 6.07) is 0. The second kappa shape index (κ2) is 3.71. The molecule has 1 fully saturated rings. The smallest absolute Gasteiger partial charge is 0.184 e. The van der Waals surface area contributed by atoms with E-state index < -0.39 is 8.32 Å². The maximum absolute atomic E-state index is 11.1. The lowest BCUT2D eigenvalue weighted by Gasteiger charge is -2.28. The average Bonchev–Trinajstić information content (AvgIpc) is 1.82. The van der Waals surface area contributed by atoms with Gasteiger partial charge in [0.25, 0.3) is 0 Å². The van der Waals surface area contributed by atoms with Crippen molar-refractivity contribution < 1.29 is 9.22 Å². The van der Waals surface area contributed by atoms with Crippen molar-refractivity contribution in [2.45, 2.75) is 51.4 Å². The second-order valence-electron chi connectivity index (χ2n) is 4.49. The number of hydrogen-bond donors (Lipinski definition) is 0. The lowest BCUT2D eigenvalue weighted by atomic mass is 9.97. The molecule has 1 aliphatic carbocycles. The maximum atomic E-state index is 11.1. The number of rotatable bonds is 2. The normalized spacial score (nSPS) is 25.9. The van der Waals surface area contributed by atoms with Gasteiger partial charge in [0.2, 0.25) is 0 Å². The number of hydrogen-bond acceptors (Lipinski definition) is 2. The molecule has 0 aromatic carbocycles. The van der Waals surface area contributed by atoms with Crippen molar-refractivity contribution in [3.05, 3.63) is 0 Å². The van der Waals surface area contributed by atoms with Crippen molar-refractivity contribution in [3.8, 4) is 0 Å². The highest BCUT2D eigenvalue weighted by atomic mass is 28.4. The van der Waals surface area contributed by atoms with E-state index in [1.807, 2.05) is 0 Å². The van der Waals surface area contributed by atoms with E-state index in [-0.39, 0.29) is 6.10 Å². The zero-order valence-electron chi connectivity index (χ0n) is 8.22. The van der Waals surface area contributed by atoms with E-state index in [2.05, 4.69) is 19.6 Å². The number of ketones is 1. The summed E-state index contributed by atoms with van der Waals surface area (Å²) in [5, 5.41) is 0. The summed E-state index contributed by atoms with van der Waals surface area (Å²) in [7, 11) is -1.43. The molecule has 0 radical (unpaired) electrons.